The van der Waals surface area contributed by atoms with Crippen molar-refractivity contribution in [2.75, 3.05) is 6.61 Å². The van der Waals surface area contributed by atoms with E-state index in [1.807, 2.05) is 42.2 Å². The molecular formula is C15H21N3O. The molecular weight excluding hydrogens is 238 g/mol. The lowest BCUT2D eigenvalue weighted by molar-refractivity contribution is 0.274. The summed E-state index contributed by atoms with van der Waals surface area (Å²) in [6.45, 7) is 1.01. The van der Waals surface area contributed by atoms with Gasteiger partial charge in [-0.3, -0.25) is 4.68 Å². The number of nitrogens with one attached hydrogen (secondary N) is 1. The minimum Gasteiger partial charge on any atom is -0.396 e. The number of hydrogen-bond donors (Lipinski definition) is 2. The lowest BCUT2D eigenvalue weighted by atomic mass is 10.0. The van der Waals surface area contributed by atoms with Gasteiger partial charge in [-0.1, -0.05) is 30.3 Å². The highest BCUT2D eigenvalue weighted by Gasteiger charge is 2.11. The second-order valence-electron chi connectivity index (χ2n) is 4.66. The van der Waals surface area contributed by atoms with Crippen LogP contribution in [0, 0.1) is 0 Å². The first-order valence-corrected chi connectivity index (χ1v) is 6.67. The van der Waals surface area contributed by atoms with E-state index >= 15 is 0 Å². The first kappa shape index (κ1) is 13.8. The Morgan fingerprint density at radius 2 is 2.05 bits per heavy atom. The van der Waals surface area contributed by atoms with Gasteiger partial charge < -0.3 is 10.4 Å². The number of hydrogen-bond acceptors (Lipinski definition) is 3. The van der Waals surface area contributed by atoms with Crippen LogP contribution in [0.15, 0.2) is 42.6 Å². The number of rotatable bonds is 7. The van der Waals surface area contributed by atoms with Gasteiger partial charge in [0.15, 0.2) is 0 Å². The maximum absolute atomic E-state index is 9.02. The molecule has 2 aromatic rings. The number of aliphatic hydroxyl groups excluding tert-OH is 1. The average molecular weight is 259 g/mol. The van der Waals surface area contributed by atoms with Crippen molar-refractivity contribution in [3.05, 3.63) is 53.9 Å². The smallest absolute Gasteiger partial charge is 0.0518 e. The van der Waals surface area contributed by atoms with Crippen LogP contribution in [0.3, 0.4) is 0 Å². The Balaban J connectivity index is 2.00. The van der Waals surface area contributed by atoms with Crippen LogP contribution in [0.2, 0.25) is 0 Å². The van der Waals surface area contributed by atoms with Crippen LogP contribution in [-0.4, -0.2) is 21.5 Å². The Kier molecular flexibility index (Phi) is 5.12. The second kappa shape index (κ2) is 7.07. The number of aromatic nitrogens is 2. The van der Waals surface area contributed by atoms with E-state index in [2.05, 4.69) is 22.5 Å². The molecule has 0 amide bonds. The molecule has 1 unspecified atom stereocenters. The highest BCUT2D eigenvalue weighted by molar-refractivity contribution is 5.19. The summed E-state index contributed by atoms with van der Waals surface area (Å²) in [6.07, 6.45) is 3.54. The van der Waals surface area contributed by atoms with Crippen molar-refractivity contribution >= 4 is 0 Å². The van der Waals surface area contributed by atoms with Crippen LogP contribution in [0.5, 0.6) is 0 Å². The summed E-state index contributed by atoms with van der Waals surface area (Å²) in [7, 11) is 1.95. The minimum absolute atomic E-state index is 0.233. The zero-order valence-electron chi connectivity index (χ0n) is 11.3. The second-order valence-corrected chi connectivity index (χ2v) is 4.66. The zero-order chi connectivity index (χ0) is 13.5. The van der Waals surface area contributed by atoms with Gasteiger partial charge in [-0.15, -0.1) is 0 Å². The maximum atomic E-state index is 9.02. The van der Waals surface area contributed by atoms with Crippen molar-refractivity contribution in [2.45, 2.75) is 25.4 Å². The Hall–Kier alpha value is -1.65. The lowest BCUT2D eigenvalue weighted by Gasteiger charge is -2.19. The Labute approximate surface area is 114 Å². The highest BCUT2D eigenvalue weighted by Crippen LogP contribution is 2.18. The molecule has 0 radical (unpaired) electrons. The topological polar surface area (TPSA) is 50.1 Å². The summed E-state index contributed by atoms with van der Waals surface area (Å²) < 4.78 is 1.88. The molecule has 1 aromatic heterocycles. The largest absolute Gasteiger partial charge is 0.396 e. The van der Waals surface area contributed by atoms with E-state index in [0.29, 0.717) is 0 Å². The van der Waals surface area contributed by atoms with E-state index in [4.69, 9.17) is 5.11 Å². The van der Waals surface area contributed by atoms with E-state index in [1.165, 1.54) is 5.56 Å². The fourth-order valence-corrected chi connectivity index (χ4v) is 2.17. The third-order valence-corrected chi connectivity index (χ3v) is 3.30. The van der Waals surface area contributed by atoms with Crippen LogP contribution < -0.4 is 5.32 Å². The summed E-state index contributed by atoms with van der Waals surface area (Å²) in [4.78, 5) is 0. The summed E-state index contributed by atoms with van der Waals surface area (Å²) >= 11 is 0. The SMILES string of the molecule is Cn1nccc1CNC(CCCO)c1ccccc1. The molecule has 0 fully saturated rings. The third-order valence-electron chi connectivity index (χ3n) is 3.30. The van der Waals surface area contributed by atoms with Crippen molar-refractivity contribution in [2.24, 2.45) is 7.05 Å². The zero-order valence-corrected chi connectivity index (χ0v) is 11.3. The highest BCUT2D eigenvalue weighted by atomic mass is 16.2. The van der Waals surface area contributed by atoms with Gasteiger partial charge in [-0.05, 0) is 24.5 Å². The lowest BCUT2D eigenvalue weighted by Crippen LogP contribution is -2.22. The van der Waals surface area contributed by atoms with E-state index in [1.54, 1.807) is 0 Å². The molecule has 1 heterocycles. The molecule has 0 aliphatic heterocycles. The standard InChI is InChI=1S/C15H21N3O/c1-18-14(9-10-17-18)12-16-15(8-5-11-19)13-6-3-2-4-7-13/h2-4,6-7,9-10,15-16,19H,5,8,11-12H2,1H3. The van der Waals surface area contributed by atoms with Crippen LogP contribution in [0.25, 0.3) is 0 Å². The normalized spacial score (nSPS) is 12.5. The molecule has 0 saturated carbocycles. The Morgan fingerprint density at radius 3 is 2.68 bits per heavy atom. The molecule has 19 heavy (non-hydrogen) atoms. The summed E-state index contributed by atoms with van der Waals surface area (Å²) in [6, 6.07) is 12.6. The number of aliphatic hydroxyl groups is 1. The van der Waals surface area contributed by atoms with E-state index < -0.39 is 0 Å². The number of aryl methyl sites for hydroxylation is 1. The molecule has 4 heteroatoms. The first-order valence-electron chi connectivity index (χ1n) is 6.67. The molecule has 102 valence electrons. The Morgan fingerprint density at radius 1 is 1.26 bits per heavy atom. The van der Waals surface area contributed by atoms with Gasteiger partial charge in [0, 0.05) is 32.4 Å². The summed E-state index contributed by atoms with van der Waals surface area (Å²) in [5.41, 5.74) is 2.42. The maximum Gasteiger partial charge on any atom is 0.0518 e. The van der Waals surface area contributed by atoms with Gasteiger partial charge in [0.2, 0.25) is 0 Å². The van der Waals surface area contributed by atoms with E-state index in [9.17, 15) is 0 Å². The average Bonchev–Trinajstić information content (AvgIpc) is 2.85. The molecule has 1 aromatic carbocycles. The van der Waals surface area contributed by atoms with Crippen LogP contribution in [0.4, 0.5) is 0 Å². The van der Waals surface area contributed by atoms with E-state index in [-0.39, 0.29) is 12.6 Å². The molecule has 0 saturated heterocycles. The summed E-state index contributed by atoms with van der Waals surface area (Å²) in [5, 5.41) is 16.7. The molecule has 0 bridgehead atoms. The number of nitrogens with zero attached hydrogens (tertiary/aromatic N) is 2. The Bertz CT molecular complexity index is 481. The number of benzene rings is 1. The van der Waals surface area contributed by atoms with Crippen LogP contribution >= 0.6 is 0 Å². The van der Waals surface area contributed by atoms with Gasteiger partial charge in [-0.25, -0.2) is 0 Å². The minimum atomic E-state index is 0.233. The van der Waals surface area contributed by atoms with Crippen LogP contribution in [-0.2, 0) is 13.6 Å². The van der Waals surface area contributed by atoms with Gasteiger partial charge in [0.05, 0.1) is 5.69 Å². The predicted molar refractivity (Wildman–Crippen MR) is 75.6 cm³/mol. The first-order chi connectivity index (χ1) is 9.31. The monoisotopic (exact) mass is 259 g/mol. The fraction of sp³-hybridized carbons (Fsp3) is 0.400. The van der Waals surface area contributed by atoms with Crippen molar-refractivity contribution in [1.82, 2.24) is 15.1 Å². The molecule has 2 rings (SSSR count). The molecule has 0 aliphatic carbocycles. The quantitative estimate of drug-likeness (QED) is 0.800. The fourth-order valence-electron chi connectivity index (χ4n) is 2.17. The van der Waals surface area contributed by atoms with E-state index in [0.717, 1.165) is 25.1 Å². The van der Waals surface area contributed by atoms with Gasteiger partial charge in [-0.2, -0.15) is 5.10 Å². The van der Waals surface area contributed by atoms with Gasteiger partial charge >= 0.3 is 0 Å². The van der Waals surface area contributed by atoms with Crippen molar-refractivity contribution in [3.8, 4) is 0 Å². The van der Waals surface area contributed by atoms with Gasteiger partial charge in [0.25, 0.3) is 0 Å². The third kappa shape index (κ3) is 3.91. The van der Waals surface area contributed by atoms with Crippen LogP contribution in [0.1, 0.15) is 30.1 Å². The molecule has 0 aliphatic rings. The molecule has 1 atom stereocenters. The van der Waals surface area contributed by atoms with Gasteiger partial charge in [0.1, 0.15) is 0 Å². The van der Waals surface area contributed by atoms with Crippen molar-refractivity contribution < 1.29 is 5.11 Å². The molecule has 4 nitrogen and oxygen atoms in total. The summed E-state index contributed by atoms with van der Waals surface area (Å²) in [5.74, 6) is 0. The van der Waals surface area contributed by atoms with Crippen molar-refractivity contribution in [3.63, 3.8) is 0 Å². The predicted octanol–water partition coefficient (Wildman–Crippen LogP) is 2.02. The molecule has 2 N–H and O–H groups in total. The van der Waals surface area contributed by atoms with Crippen molar-refractivity contribution in [1.29, 1.82) is 0 Å². The molecule has 0 spiro atoms.